The maximum Gasteiger partial charge on any atom is 0.257 e. The van der Waals surface area contributed by atoms with Gasteiger partial charge in [-0.05, 0) is 60.7 Å². The lowest BCUT2D eigenvalue weighted by atomic mass is 10.2. The van der Waals surface area contributed by atoms with Gasteiger partial charge in [-0.15, -0.1) is 0 Å². The van der Waals surface area contributed by atoms with Gasteiger partial charge < -0.3 is 19.2 Å². The molecule has 0 fully saturated rings. The Hall–Kier alpha value is -3.62. The summed E-state index contributed by atoms with van der Waals surface area (Å²) in [6, 6.07) is 17.6. The van der Waals surface area contributed by atoms with Crippen LogP contribution in [0.2, 0.25) is 5.02 Å². The minimum atomic E-state index is -0.371. The van der Waals surface area contributed by atoms with Gasteiger partial charge in [0.1, 0.15) is 5.52 Å². The number of anilines is 1. The predicted molar refractivity (Wildman–Crippen MR) is 121 cm³/mol. The van der Waals surface area contributed by atoms with E-state index in [1.54, 1.807) is 36.4 Å². The molecule has 0 aliphatic carbocycles. The van der Waals surface area contributed by atoms with Crippen molar-refractivity contribution in [2.45, 2.75) is 0 Å². The summed E-state index contributed by atoms with van der Waals surface area (Å²) in [6.07, 6.45) is 0. The third-order valence-corrected chi connectivity index (χ3v) is 5.14. The molecule has 1 amide bonds. The summed E-state index contributed by atoms with van der Waals surface area (Å²) in [7, 11) is 0. The summed E-state index contributed by atoms with van der Waals surface area (Å²) >= 11 is 11.6. The molecule has 1 aliphatic heterocycles. The average Bonchev–Trinajstić information content (AvgIpc) is 3.41. The van der Waals surface area contributed by atoms with E-state index in [-0.39, 0.29) is 17.8 Å². The Labute approximate surface area is 186 Å². The molecule has 7 nitrogen and oxygen atoms in total. The maximum atomic E-state index is 12.5. The molecule has 0 saturated carbocycles. The number of hydrogen-bond donors (Lipinski definition) is 2. The number of ether oxygens (including phenoxy) is 2. The predicted octanol–water partition coefficient (Wildman–Crippen LogP) is 5.00. The first-order valence-corrected chi connectivity index (χ1v) is 10.0. The molecule has 0 spiro atoms. The first-order chi connectivity index (χ1) is 15.1. The van der Waals surface area contributed by atoms with Crippen molar-refractivity contribution >= 4 is 51.6 Å². The number of halogens is 1. The van der Waals surface area contributed by atoms with E-state index in [1.807, 2.05) is 24.3 Å². The van der Waals surface area contributed by atoms with Crippen LogP contribution in [0.25, 0.3) is 22.6 Å². The standard InChI is InChI=1S/C22H14ClN3O4S/c23-15-7-6-13(10-14(15)21-25-16-3-1-2-4-17(16)30-21)24-22(31)26-20(27)12-5-8-18-19(9-12)29-11-28-18/h1-10H,11H2,(H2,24,26,27,31). The monoisotopic (exact) mass is 451 g/mol. The number of hydrogen-bond acceptors (Lipinski definition) is 6. The number of fused-ring (bicyclic) bond motifs is 2. The minimum absolute atomic E-state index is 0.133. The zero-order valence-electron chi connectivity index (χ0n) is 15.8. The second kappa shape index (κ2) is 7.90. The van der Waals surface area contributed by atoms with Crippen molar-refractivity contribution in [3.63, 3.8) is 0 Å². The Morgan fingerprint density at radius 2 is 1.87 bits per heavy atom. The van der Waals surface area contributed by atoms with E-state index in [4.69, 9.17) is 37.7 Å². The van der Waals surface area contributed by atoms with Crippen LogP contribution in [-0.2, 0) is 0 Å². The zero-order valence-corrected chi connectivity index (χ0v) is 17.4. The molecule has 0 unspecified atom stereocenters. The van der Waals surface area contributed by atoms with Gasteiger partial charge in [-0.2, -0.15) is 0 Å². The number of aromatic nitrogens is 1. The molecular weight excluding hydrogens is 438 g/mol. The van der Waals surface area contributed by atoms with E-state index in [0.29, 0.717) is 44.8 Å². The fourth-order valence-corrected chi connectivity index (χ4v) is 3.54. The number of carbonyl (C=O) groups excluding carboxylic acids is 1. The highest BCUT2D eigenvalue weighted by molar-refractivity contribution is 7.80. The van der Waals surface area contributed by atoms with Crippen molar-refractivity contribution in [3.05, 3.63) is 71.2 Å². The molecule has 5 rings (SSSR count). The van der Waals surface area contributed by atoms with E-state index < -0.39 is 0 Å². The molecule has 4 aromatic rings. The van der Waals surface area contributed by atoms with Crippen LogP contribution in [0.3, 0.4) is 0 Å². The van der Waals surface area contributed by atoms with Gasteiger partial charge in [0, 0.05) is 11.3 Å². The molecule has 3 aromatic carbocycles. The van der Waals surface area contributed by atoms with Crippen molar-refractivity contribution in [2.24, 2.45) is 0 Å². The number of carbonyl (C=O) groups is 1. The molecule has 0 saturated heterocycles. The Morgan fingerprint density at radius 3 is 2.74 bits per heavy atom. The van der Waals surface area contributed by atoms with Crippen LogP contribution in [0.15, 0.2) is 65.1 Å². The Bertz CT molecular complexity index is 1300. The number of oxazole rings is 1. The molecular formula is C22H14ClN3O4S. The highest BCUT2D eigenvalue weighted by atomic mass is 35.5. The van der Waals surface area contributed by atoms with E-state index in [2.05, 4.69) is 15.6 Å². The smallest absolute Gasteiger partial charge is 0.257 e. The third kappa shape index (κ3) is 3.90. The largest absolute Gasteiger partial charge is 0.454 e. The van der Waals surface area contributed by atoms with E-state index >= 15 is 0 Å². The highest BCUT2D eigenvalue weighted by Gasteiger charge is 2.17. The highest BCUT2D eigenvalue weighted by Crippen LogP contribution is 2.33. The lowest BCUT2D eigenvalue weighted by molar-refractivity contribution is 0.0977. The first kappa shape index (κ1) is 19.3. The Balaban J connectivity index is 1.32. The number of nitrogens with zero attached hydrogens (tertiary/aromatic N) is 1. The van der Waals surface area contributed by atoms with Gasteiger partial charge in [-0.25, -0.2) is 4.98 Å². The molecule has 0 bridgehead atoms. The number of rotatable bonds is 3. The summed E-state index contributed by atoms with van der Waals surface area (Å²) in [5.41, 5.74) is 3.03. The summed E-state index contributed by atoms with van der Waals surface area (Å²) in [6.45, 7) is 0.138. The van der Waals surface area contributed by atoms with Crippen LogP contribution in [-0.4, -0.2) is 22.8 Å². The van der Waals surface area contributed by atoms with E-state index in [9.17, 15) is 4.79 Å². The van der Waals surface area contributed by atoms with Gasteiger partial charge in [-0.3, -0.25) is 10.1 Å². The van der Waals surface area contributed by atoms with E-state index in [1.165, 1.54) is 0 Å². The van der Waals surface area contributed by atoms with Gasteiger partial charge in [0.15, 0.2) is 22.2 Å². The zero-order chi connectivity index (χ0) is 21.4. The van der Waals surface area contributed by atoms with Crippen LogP contribution in [0.5, 0.6) is 11.5 Å². The number of nitrogens with one attached hydrogen (secondary N) is 2. The fraction of sp³-hybridized carbons (Fsp3) is 0.0455. The van der Waals surface area contributed by atoms with Crippen LogP contribution in [0.1, 0.15) is 10.4 Å². The molecule has 0 atom stereocenters. The van der Waals surface area contributed by atoms with Gasteiger partial charge in [-0.1, -0.05) is 23.7 Å². The molecule has 154 valence electrons. The number of thiocarbonyl (C=S) groups is 1. The van der Waals surface area contributed by atoms with Crippen molar-refractivity contribution in [1.29, 1.82) is 0 Å². The molecule has 1 aliphatic rings. The lowest BCUT2D eigenvalue weighted by Gasteiger charge is -2.11. The molecule has 0 radical (unpaired) electrons. The molecule has 2 heterocycles. The molecule has 9 heteroatoms. The minimum Gasteiger partial charge on any atom is -0.454 e. The number of amides is 1. The summed E-state index contributed by atoms with van der Waals surface area (Å²) in [5.74, 6) is 1.14. The van der Waals surface area contributed by atoms with Crippen molar-refractivity contribution in [1.82, 2.24) is 10.3 Å². The summed E-state index contributed by atoms with van der Waals surface area (Å²) in [4.78, 5) is 17.0. The molecule has 31 heavy (non-hydrogen) atoms. The second-order valence-electron chi connectivity index (χ2n) is 6.66. The van der Waals surface area contributed by atoms with Gasteiger partial charge in [0.25, 0.3) is 5.91 Å². The normalized spacial score (nSPS) is 12.0. The SMILES string of the molecule is O=C(NC(=S)Nc1ccc(Cl)c(-c2nc3ccccc3o2)c1)c1ccc2c(c1)OCO2. The van der Waals surface area contributed by atoms with Crippen LogP contribution in [0, 0.1) is 0 Å². The van der Waals surface area contributed by atoms with Crippen LogP contribution < -0.4 is 20.1 Å². The maximum absolute atomic E-state index is 12.5. The van der Waals surface area contributed by atoms with Crippen molar-refractivity contribution in [3.8, 4) is 23.0 Å². The molecule has 2 N–H and O–H groups in total. The van der Waals surface area contributed by atoms with Gasteiger partial charge >= 0.3 is 0 Å². The Kier molecular flexibility index (Phi) is 4.93. The average molecular weight is 452 g/mol. The van der Waals surface area contributed by atoms with Crippen molar-refractivity contribution < 1.29 is 18.7 Å². The quantitative estimate of drug-likeness (QED) is 0.424. The van der Waals surface area contributed by atoms with Crippen LogP contribution >= 0.6 is 23.8 Å². The van der Waals surface area contributed by atoms with E-state index in [0.717, 1.165) is 5.52 Å². The van der Waals surface area contributed by atoms with Crippen LogP contribution in [0.4, 0.5) is 5.69 Å². The third-order valence-electron chi connectivity index (χ3n) is 4.61. The van der Waals surface area contributed by atoms with Gasteiger partial charge in [0.05, 0.1) is 10.6 Å². The van der Waals surface area contributed by atoms with Crippen molar-refractivity contribution in [2.75, 3.05) is 12.1 Å². The topological polar surface area (TPSA) is 85.6 Å². The first-order valence-electron chi connectivity index (χ1n) is 9.24. The second-order valence-corrected chi connectivity index (χ2v) is 7.47. The number of para-hydroxylation sites is 2. The summed E-state index contributed by atoms with van der Waals surface area (Å²) < 4.78 is 16.4. The fourth-order valence-electron chi connectivity index (χ4n) is 3.13. The number of benzene rings is 3. The Morgan fingerprint density at radius 1 is 1.03 bits per heavy atom. The molecule has 1 aromatic heterocycles. The summed E-state index contributed by atoms with van der Waals surface area (Å²) in [5, 5.41) is 6.24. The lowest BCUT2D eigenvalue weighted by Crippen LogP contribution is -2.34. The van der Waals surface area contributed by atoms with Gasteiger partial charge in [0.2, 0.25) is 12.7 Å².